The van der Waals surface area contributed by atoms with E-state index < -0.39 is 44.0 Å². The Morgan fingerprint density at radius 3 is 2.33 bits per heavy atom. The van der Waals surface area contributed by atoms with Gasteiger partial charge in [-0.25, -0.2) is 9.78 Å². The number of anilines is 1. The number of carbonyl (C=O) groups excluding carboxylic acids is 1. The molecule has 0 fully saturated rings. The molecule has 0 unspecified atom stereocenters. The molecule has 1 aromatic carbocycles. The molecule has 0 saturated heterocycles. The van der Waals surface area contributed by atoms with Gasteiger partial charge in [-0.05, 0) is 18.2 Å². The van der Waals surface area contributed by atoms with Crippen LogP contribution in [0.4, 0.5) is 5.82 Å². The van der Waals surface area contributed by atoms with Crippen LogP contribution in [-0.4, -0.2) is 45.2 Å². The van der Waals surface area contributed by atoms with Gasteiger partial charge in [0.2, 0.25) is 0 Å². The molecule has 5 N–H and O–H groups in total. The number of aromatic hydroxyl groups is 2. The van der Waals surface area contributed by atoms with E-state index >= 15 is 0 Å². The number of aromatic nitrogens is 1. The van der Waals surface area contributed by atoms with Gasteiger partial charge in [0.25, 0.3) is 16.0 Å². The molecule has 0 spiro atoms. The number of hydrogen-bond donors (Lipinski definition) is 5. The fraction of sp³-hybridized carbons (Fsp3) is 0. The van der Waals surface area contributed by atoms with E-state index in [9.17, 15) is 28.2 Å². The summed E-state index contributed by atoms with van der Waals surface area (Å²) in [6, 6.07) is 4.94. The van der Waals surface area contributed by atoms with Crippen LogP contribution in [0.2, 0.25) is 0 Å². The lowest BCUT2D eigenvalue weighted by atomic mass is 10.1. The molecule has 24 heavy (non-hydrogen) atoms. The number of carbonyl (C=O) groups is 2. The molecule has 0 aliphatic heterocycles. The van der Waals surface area contributed by atoms with Crippen molar-refractivity contribution in [2.24, 2.45) is 0 Å². The minimum absolute atomic E-state index is 0.141. The number of benzene rings is 1. The van der Waals surface area contributed by atoms with Crippen molar-refractivity contribution in [2.45, 2.75) is 4.90 Å². The number of carboxylic acids is 1. The molecule has 0 radical (unpaired) electrons. The average molecular weight is 354 g/mol. The lowest BCUT2D eigenvalue weighted by molar-refractivity contribution is 0.0690. The van der Waals surface area contributed by atoms with Crippen molar-refractivity contribution in [3.05, 3.63) is 41.6 Å². The molecule has 0 aliphatic carbocycles. The molecule has 10 nitrogen and oxygen atoms in total. The highest BCUT2D eigenvalue weighted by atomic mass is 32.2. The second-order valence-corrected chi connectivity index (χ2v) is 5.87. The second-order valence-electron chi connectivity index (χ2n) is 4.48. The number of amides is 1. The predicted molar refractivity (Wildman–Crippen MR) is 78.7 cm³/mol. The highest BCUT2D eigenvalue weighted by Gasteiger charge is 2.22. The normalized spacial score (nSPS) is 11.0. The number of pyridine rings is 1. The van der Waals surface area contributed by atoms with Crippen LogP contribution < -0.4 is 5.32 Å². The van der Waals surface area contributed by atoms with Crippen LogP contribution in [0.3, 0.4) is 0 Å². The first kappa shape index (κ1) is 17.2. The summed E-state index contributed by atoms with van der Waals surface area (Å²) in [5.41, 5.74) is -0.844. The van der Waals surface area contributed by atoms with Crippen molar-refractivity contribution in [2.75, 3.05) is 5.32 Å². The number of rotatable bonds is 4. The van der Waals surface area contributed by atoms with Crippen LogP contribution in [0.5, 0.6) is 11.5 Å². The number of carboxylic acid groups (broad SMARTS) is 1. The number of hydrogen-bond acceptors (Lipinski definition) is 7. The number of phenols is 2. The maximum absolute atomic E-state index is 12.0. The summed E-state index contributed by atoms with van der Waals surface area (Å²) in [6.07, 6.45) is 0. The smallest absolute Gasteiger partial charge is 0.354 e. The molecule has 0 bridgehead atoms. The summed E-state index contributed by atoms with van der Waals surface area (Å²) in [5, 5.41) is 30.3. The molecule has 1 amide bonds. The maximum atomic E-state index is 12.0. The molecule has 1 aromatic heterocycles. The SMILES string of the molecule is O=C(O)c1cccc(NC(=O)c2cc(O)c(S(=O)(=O)O)cc2O)n1. The van der Waals surface area contributed by atoms with Crippen molar-refractivity contribution in [1.29, 1.82) is 0 Å². The van der Waals surface area contributed by atoms with E-state index in [2.05, 4.69) is 10.3 Å². The molecule has 126 valence electrons. The lowest BCUT2D eigenvalue weighted by Crippen LogP contribution is -2.15. The Labute approximate surface area is 134 Å². The molecule has 2 aromatic rings. The summed E-state index contributed by atoms with van der Waals surface area (Å²) in [5.74, 6) is -4.22. The first-order chi connectivity index (χ1) is 11.1. The van der Waals surface area contributed by atoms with Crippen LogP contribution in [0.1, 0.15) is 20.8 Å². The van der Waals surface area contributed by atoms with E-state index in [1.807, 2.05) is 0 Å². The van der Waals surface area contributed by atoms with Gasteiger partial charge >= 0.3 is 5.97 Å². The Balaban J connectivity index is 2.36. The van der Waals surface area contributed by atoms with Gasteiger partial charge in [0.1, 0.15) is 22.2 Å². The van der Waals surface area contributed by atoms with Gasteiger partial charge in [0.05, 0.1) is 5.56 Å². The largest absolute Gasteiger partial charge is 0.507 e. The fourth-order valence-electron chi connectivity index (χ4n) is 1.75. The Kier molecular flexibility index (Phi) is 4.39. The van der Waals surface area contributed by atoms with Crippen molar-refractivity contribution >= 4 is 27.8 Å². The molecule has 0 atom stereocenters. The van der Waals surface area contributed by atoms with Crippen LogP contribution in [0, 0.1) is 0 Å². The maximum Gasteiger partial charge on any atom is 0.354 e. The molecular weight excluding hydrogens is 344 g/mol. The third-order valence-electron chi connectivity index (χ3n) is 2.81. The first-order valence-electron chi connectivity index (χ1n) is 6.15. The average Bonchev–Trinajstić information content (AvgIpc) is 2.48. The van der Waals surface area contributed by atoms with Gasteiger partial charge in [-0.2, -0.15) is 8.42 Å². The standard InChI is InChI=1S/C13H10N2O8S/c16-8-5-10(24(21,22)23)9(17)4-6(8)12(18)15-11-3-1-2-7(14-11)13(19)20/h1-5,16-17H,(H,19,20)(H,14,15,18)(H,21,22,23). The lowest BCUT2D eigenvalue weighted by Gasteiger charge is -2.09. The van der Waals surface area contributed by atoms with Gasteiger partial charge in [-0.3, -0.25) is 9.35 Å². The van der Waals surface area contributed by atoms with Crippen LogP contribution in [0.15, 0.2) is 35.2 Å². The quantitative estimate of drug-likeness (QED) is 0.391. The highest BCUT2D eigenvalue weighted by Crippen LogP contribution is 2.30. The van der Waals surface area contributed by atoms with Gasteiger partial charge in [0, 0.05) is 6.07 Å². The van der Waals surface area contributed by atoms with Crippen molar-refractivity contribution < 1.29 is 37.9 Å². The molecule has 2 rings (SSSR count). The number of nitrogens with zero attached hydrogens (tertiary/aromatic N) is 1. The number of phenolic OH excluding ortho intramolecular Hbond substituents is 2. The molecular formula is C13H10N2O8S. The zero-order valence-corrected chi connectivity index (χ0v) is 12.5. The summed E-state index contributed by atoms with van der Waals surface area (Å²) in [6.45, 7) is 0. The van der Waals surface area contributed by atoms with Crippen LogP contribution >= 0.6 is 0 Å². The number of nitrogens with one attached hydrogen (secondary N) is 1. The summed E-state index contributed by atoms with van der Waals surface area (Å²) in [7, 11) is -4.79. The van der Waals surface area contributed by atoms with Gasteiger partial charge in [0.15, 0.2) is 5.69 Å². The summed E-state index contributed by atoms with van der Waals surface area (Å²) < 4.78 is 30.9. The van der Waals surface area contributed by atoms with E-state index in [0.717, 1.165) is 0 Å². The van der Waals surface area contributed by atoms with E-state index in [1.54, 1.807) is 0 Å². The summed E-state index contributed by atoms with van der Waals surface area (Å²) >= 11 is 0. The molecule has 11 heteroatoms. The Bertz CT molecular complexity index is 939. The van der Waals surface area contributed by atoms with Crippen molar-refractivity contribution in [1.82, 2.24) is 4.98 Å². The minimum Gasteiger partial charge on any atom is -0.507 e. The van der Waals surface area contributed by atoms with Gasteiger partial charge in [-0.1, -0.05) is 6.07 Å². The van der Waals surface area contributed by atoms with Crippen molar-refractivity contribution in [3.8, 4) is 11.5 Å². The fourth-order valence-corrected chi connectivity index (χ4v) is 2.34. The summed E-state index contributed by atoms with van der Waals surface area (Å²) in [4.78, 5) is 25.5. The van der Waals surface area contributed by atoms with Crippen LogP contribution in [-0.2, 0) is 10.1 Å². The topological polar surface area (TPSA) is 174 Å². The molecule has 1 heterocycles. The van der Waals surface area contributed by atoms with Crippen LogP contribution in [0.25, 0.3) is 0 Å². The van der Waals surface area contributed by atoms with E-state index in [-0.39, 0.29) is 11.5 Å². The second kappa shape index (κ2) is 6.14. The minimum atomic E-state index is -4.79. The molecule has 0 saturated carbocycles. The number of aromatic carboxylic acids is 1. The first-order valence-corrected chi connectivity index (χ1v) is 7.59. The molecule has 0 aliphatic rings. The van der Waals surface area contributed by atoms with E-state index in [0.29, 0.717) is 12.1 Å². The predicted octanol–water partition coefficient (Wildman–Crippen LogP) is 0.690. The third-order valence-corrected chi connectivity index (χ3v) is 3.69. The Morgan fingerprint density at radius 2 is 1.75 bits per heavy atom. The van der Waals surface area contributed by atoms with E-state index in [1.165, 1.54) is 18.2 Å². The van der Waals surface area contributed by atoms with Crippen molar-refractivity contribution in [3.63, 3.8) is 0 Å². The zero-order valence-electron chi connectivity index (χ0n) is 11.7. The third kappa shape index (κ3) is 3.59. The highest BCUT2D eigenvalue weighted by molar-refractivity contribution is 7.86. The Morgan fingerprint density at radius 1 is 1.08 bits per heavy atom. The zero-order chi connectivity index (χ0) is 18.1. The Hall–Kier alpha value is -3.18. The van der Waals surface area contributed by atoms with E-state index in [4.69, 9.17) is 9.66 Å². The van der Waals surface area contributed by atoms with Gasteiger partial charge < -0.3 is 20.6 Å². The monoisotopic (exact) mass is 354 g/mol. The van der Waals surface area contributed by atoms with Gasteiger partial charge in [-0.15, -0.1) is 0 Å².